The minimum Gasteiger partial charge on any atom is -0.493 e. The van der Waals surface area contributed by atoms with Crippen molar-refractivity contribution in [1.82, 2.24) is 9.97 Å². The Morgan fingerprint density at radius 3 is 2.67 bits per heavy atom. The molecule has 0 aliphatic carbocycles. The molecule has 2 aromatic rings. The second-order valence-corrected chi connectivity index (χ2v) is 4.79. The summed E-state index contributed by atoms with van der Waals surface area (Å²) in [5.41, 5.74) is 1.06. The van der Waals surface area contributed by atoms with Crippen molar-refractivity contribution in [3.05, 3.63) is 52.6 Å². The summed E-state index contributed by atoms with van der Waals surface area (Å²) in [5, 5.41) is 8.97. The van der Waals surface area contributed by atoms with E-state index < -0.39 is 5.97 Å². The number of aryl methyl sites for hydroxylation is 1. The Morgan fingerprint density at radius 1 is 1.33 bits per heavy atom. The third-order valence-electron chi connectivity index (χ3n) is 2.92. The molecule has 0 bridgehead atoms. The number of nitrogens with zero attached hydrogens (tertiary/aromatic N) is 2. The molecule has 0 fully saturated rings. The van der Waals surface area contributed by atoms with Crippen LogP contribution in [0.2, 0.25) is 5.02 Å². The largest absolute Gasteiger partial charge is 0.493 e. The molecule has 6 heteroatoms. The number of ether oxygens (including phenoxy) is 1. The first-order valence-electron chi connectivity index (χ1n) is 6.56. The maximum atomic E-state index is 10.9. The molecule has 0 aliphatic rings. The average molecular weight is 307 g/mol. The summed E-state index contributed by atoms with van der Waals surface area (Å²) in [5.74, 6) is -0.0127. The number of carbonyl (C=O) groups is 1. The van der Waals surface area contributed by atoms with Gasteiger partial charge in [0.1, 0.15) is 11.6 Å². The van der Waals surface area contributed by atoms with Gasteiger partial charge in [-0.3, -0.25) is 0 Å². The van der Waals surface area contributed by atoms with Gasteiger partial charge in [-0.1, -0.05) is 30.7 Å². The second-order valence-electron chi connectivity index (χ2n) is 4.38. The molecule has 1 N–H and O–H groups in total. The molecule has 1 heterocycles. The van der Waals surface area contributed by atoms with E-state index in [1.165, 1.54) is 11.8 Å². The Morgan fingerprint density at radius 2 is 2.05 bits per heavy atom. The van der Waals surface area contributed by atoms with Gasteiger partial charge >= 0.3 is 5.97 Å². The van der Waals surface area contributed by atoms with E-state index >= 15 is 0 Å². The summed E-state index contributed by atoms with van der Waals surface area (Å²) >= 11 is 5.71. The molecule has 2 rings (SSSR count). The topological polar surface area (TPSA) is 72.3 Å². The quantitative estimate of drug-likeness (QED) is 0.888. The molecule has 0 amide bonds. The molecule has 0 atom stereocenters. The van der Waals surface area contributed by atoms with E-state index in [0.717, 1.165) is 12.2 Å². The van der Waals surface area contributed by atoms with Crippen LogP contribution < -0.4 is 4.74 Å². The summed E-state index contributed by atoms with van der Waals surface area (Å²) < 4.78 is 5.58. The lowest BCUT2D eigenvalue weighted by atomic mass is 10.2. The van der Waals surface area contributed by atoms with Crippen molar-refractivity contribution in [2.24, 2.45) is 0 Å². The average Bonchev–Trinajstić information content (AvgIpc) is 2.49. The Balaban J connectivity index is 1.93. The number of aromatic nitrogens is 2. The first-order valence-corrected chi connectivity index (χ1v) is 6.94. The van der Waals surface area contributed by atoms with Crippen LogP contribution in [0.15, 0.2) is 30.5 Å². The molecule has 1 aromatic heterocycles. The molecule has 1 aromatic carbocycles. The molecule has 110 valence electrons. The van der Waals surface area contributed by atoms with E-state index in [0.29, 0.717) is 18.9 Å². The number of hydrogen-bond acceptors (Lipinski definition) is 4. The van der Waals surface area contributed by atoms with Gasteiger partial charge in [-0.2, -0.15) is 0 Å². The van der Waals surface area contributed by atoms with Crippen molar-refractivity contribution < 1.29 is 14.6 Å². The molecule has 5 nitrogen and oxygen atoms in total. The number of benzene rings is 1. The Bertz CT molecular complexity index is 629. The van der Waals surface area contributed by atoms with Crippen LogP contribution in [0.3, 0.4) is 0 Å². The van der Waals surface area contributed by atoms with E-state index in [9.17, 15) is 4.79 Å². The van der Waals surface area contributed by atoms with Gasteiger partial charge in [0.05, 0.1) is 17.8 Å². The molecule has 21 heavy (non-hydrogen) atoms. The highest BCUT2D eigenvalue weighted by Crippen LogP contribution is 2.14. The van der Waals surface area contributed by atoms with Crippen molar-refractivity contribution in [3.63, 3.8) is 0 Å². The summed E-state index contributed by atoms with van der Waals surface area (Å²) in [4.78, 5) is 18.8. The van der Waals surface area contributed by atoms with Gasteiger partial charge in [0.15, 0.2) is 5.69 Å². The predicted molar refractivity (Wildman–Crippen MR) is 79.0 cm³/mol. The molecule has 0 unspecified atom stereocenters. The maximum Gasteiger partial charge on any atom is 0.356 e. The van der Waals surface area contributed by atoms with Crippen LogP contribution in [0.4, 0.5) is 0 Å². The van der Waals surface area contributed by atoms with Crippen LogP contribution >= 0.6 is 11.6 Å². The second kappa shape index (κ2) is 7.04. The monoisotopic (exact) mass is 306 g/mol. The lowest BCUT2D eigenvalue weighted by Crippen LogP contribution is -2.09. The minimum absolute atomic E-state index is 0.0299. The fourth-order valence-electron chi connectivity index (χ4n) is 1.76. The number of halogens is 1. The van der Waals surface area contributed by atoms with E-state index in [4.69, 9.17) is 21.4 Å². The smallest absolute Gasteiger partial charge is 0.356 e. The fraction of sp³-hybridized carbons (Fsp3) is 0.267. The lowest BCUT2D eigenvalue weighted by molar-refractivity contribution is 0.0690. The zero-order valence-corrected chi connectivity index (χ0v) is 12.3. The van der Waals surface area contributed by atoms with Crippen LogP contribution in [0.1, 0.15) is 28.8 Å². The van der Waals surface area contributed by atoms with Crippen molar-refractivity contribution in [3.8, 4) is 5.75 Å². The van der Waals surface area contributed by atoms with Crippen LogP contribution in [-0.2, 0) is 12.8 Å². The van der Waals surface area contributed by atoms with Gasteiger partial charge in [0, 0.05) is 6.42 Å². The first-order chi connectivity index (χ1) is 10.1. The standard InChI is InChI=1S/C15H15ClN2O3/c1-2-10-3-5-11(6-4-10)21-8-7-13-17-9-12(16)14(18-13)15(19)20/h3-6,9H,2,7-8H2,1H3,(H,19,20). The Labute approximate surface area is 127 Å². The van der Waals surface area contributed by atoms with Crippen LogP contribution in [-0.4, -0.2) is 27.7 Å². The Hall–Kier alpha value is -2.14. The van der Waals surface area contributed by atoms with Gasteiger partial charge in [0.25, 0.3) is 0 Å². The molecule has 0 radical (unpaired) electrons. The molecule has 0 saturated carbocycles. The lowest BCUT2D eigenvalue weighted by Gasteiger charge is -2.07. The van der Waals surface area contributed by atoms with Crippen molar-refractivity contribution >= 4 is 17.6 Å². The summed E-state index contributed by atoms with van der Waals surface area (Å²) in [6.07, 6.45) is 2.69. The van der Waals surface area contributed by atoms with E-state index in [1.54, 1.807) is 0 Å². The normalized spacial score (nSPS) is 10.4. The van der Waals surface area contributed by atoms with Gasteiger partial charge < -0.3 is 9.84 Å². The van der Waals surface area contributed by atoms with E-state index in [1.807, 2.05) is 24.3 Å². The van der Waals surface area contributed by atoms with Gasteiger partial charge in [-0.05, 0) is 24.1 Å². The predicted octanol–water partition coefficient (Wildman–Crippen LogP) is 3.01. The highest BCUT2D eigenvalue weighted by Gasteiger charge is 2.12. The van der Waals surface area contributed by atoms with Crippen molar-refractivity contribution in [1.29, 1.82) is 0 Å². The summed E-state index contributed by atoms with van der Waals surface area (Å²) in [7, 11) is 0. The number of hydrogen-bond donors (Lipinski definition) is 1. The summed E-state index contributed by atoms with van der Waals surface area (Å²) in [6, 6.07) is 7.84. The van der Waals surface area contributed by atoms with Gasteiger partial charge in [-0.15, -0.1) is 0 Å². The van der Waals surface area contributed by atoms with Crippen molar-refractivity contribution in [2.75, 3.05) is 6.61 Å². The number of rotatable bonds is 6. The van der Waals surface area contributed by atoms with Crippen molar-refractivity contribution in [2.45, 2.75) is 19.8 Å². The van der Waals surface area contributed by atoms with Gasteiger partial charge in [0.2, 0.25) is 0 Å². The highest BCUT2D eigenvalue weighted by atomic mass is 35.5. The fourth-order valence-corrected chi connectivity index (χ4v) is 1.93. The zero-order chi connectivity index (χ0) is 15.2. The SMILES string of the molecule is CCc1ccc(OCCc2ncc(Cl)c(C(=O)O)n2)cc1. The number of aromatic carboxylic acids is 1. The van der Waals surface area contributed by atoms with E-state index in [2.05, 4.69) is 16.9 Å². The number of carboxylic acid groups (broad SMARTS) is 1. The minimum atomic E-state index is -1.17. The zero-order valence-electron chi connectivity index (χ0n) is 11.5. The molecular weight excluding hydrogens is 292 g/mol. The van der Waals surface area contributed by atoms with Crippen LogP contribution in [0.25, 0.3) is 0 Å². The number of carboxylic acids is 1. The summed E-state index contributed by atoms with van der Waals surface area (Å²) in [6.45, 7) is 2.46. The van der Waals surface area contributed by atoms with Crippen LogP contribution in [0.5, 0.6) is 5.75 Å². The third-order valence-corrected chi connectivity index (χ3v) is 3.20. The molecule has 0 saturated heterocycles. The molecule has 0 aliphatic heterocycles. The molecule has 0 spiro atoms. The van der Waals surface area contributed by atoms with Gasteiger partial charge in [-0.25, -0.2) is 14.8 Å². The molecular formula is C15H15ClN2O3. The Kier molecular flexibility index (Phi) is 5.11. The highest BCUT2D eigenvalue weighted by molar-refractivity contribution is 6.33. The third kappa shape index (κ3) is 4.16. The maximum absolute atomic E-state index is 10.9. The van der Waals surface area contributed by atoms with E-state index in [-0.39, 0.29) is 10.7 Å². The van der Waals surface area contributed by atoms with Crippen LogP contribution in [0, 0.1) is 0 Å². The first kappa shape index (κ1) is 15.3.